The van der Waals surface area contributed by atoms with Gasteiger partial charge in [0.1, 0.15) is 29.4 Å². The second-order valence-corrected chi connectivity index (χ2v) is 12.9. The quantitative estimate of drug-likeness (QED) is 0.122. The Morgan fingerprint density at radius 2 is 1.04 bits per heavy atom. The van der Waals surface area contributed by atoms with Gasteiger partial charge in [-0.3, -0.25) is 28.8 Å². The summed E-state index contributed by atoms with van der Waals surface area (Å²) in [7, 11) is 0. The summed E-state index contributed by atoms with van der Waals surface area (Å²) in [6, 6.07) is 16.1. The Balaban J connectivity index is 0.000000226. The van der Waals surface area contributed by atoms with Crippen molar-refractivity contribution >= 4 is 57.0 Å². The van der Waals surface area contributed by atoms with Crippen LogP contribution in [0.1, 0.15) is 20.8 Å². The highest BCUT2D eigenvalue weighted by Gasteiger charge is 2.09. The predicted octanol–water partition coefficient (Wildman–Crippen LogP) is 2.40. The van der Waals surface area contributed by atoms with Gasteiger partial charge < -0.3 is 16.0 Å². The van der Waals surface area contributed by atoms with E-state index in [1.807, 2.05) is 39.2 Å². The summed E-state index contributed by atoms with van der Waals surface area (Å²) < 4.78 is 3.91. The Labute approximate surface area is 333 Å². The van der Waals surface area contributed by atoms with E-state index in [2.05, 4.69) is 57.1 Å². The molecule has 0 aliphatic rings. The zero-order valence-electron chi connectivity index (χ0n) is 30.4. The van der Waals surface area contributed by atoms with Crippen LogP contribution in [0.2, 0.25) is 5.15 Å². The van der Waals surface area contributed by atoms with Crippen molar-refractivity contribution in [1.82, 2.24) is 55.3 Å². The topological polar surface area (TPSA) is 218 Å². The Kier molecular flexibility index (Phi) is 18.1. The predicted molar refractivity (Wildman–Crippen MR) is 212 cm³/mol. The molecule has 3 N–H and O–H groups in total. The molecule has 290 valence electrons. The Morgan fingerprint density at radius 3 is 1.42 bits per heavy atom. The van der Waals surface area contributed by atoms with E-state index in [0.717, 1.165) is 30.2 Å². The number of hydrogen-bond donors (Lipinski definition) is 3. The molecule has 5 aromatic heterocycles. The zero-order valence-corrected chi connectivity index (χ0v) is 33.5. The zero-order chi connectivity index (χ0) is 40.3. The molecular formula is C35H39BrClN11O6S. The van der Waals surface area contributed by atoms with Crippen molar-refractivity contribution < 1.29 is 14.4 Å². The summed E-state index contributed by atoms with van der Waals surface area (Å²) >= 11 is 10.4. The minimum atomic E-state index is -0.332. The third-order valence-corrected chi connectivity index (χ3v) is 8.14. The Bertz CT molecular complexity index is 2230. The third-order valence-electron chi connectivity index (χ3n) is 6.83. The largest absolute Gasteiger partial charge is 0.355 e. The number of aromatic nitrogens is 8. The molecule has 0 saturated heterocycles. The number of amides is 3. The molecule has 3 amide bonds. The molecule has 5 aromatic rings. The standard InChI is InChI=1S/C14H16N4O2S.C13H13ClN4O2.C8H10BrN3O2/c1-3-15-12(19)9-18-14(20)7-5-11(17-18)10-4-6-13(21-2)16-8-10;1-2-15-12(19)8-18-13(20)6-4-10(17-18)9-3-5-11(14)16-7-9;1-2-10-7(13)5-12-8(14)4-3-6(9)11-12/h4-8H,3,9H2,1-2H3,(H,15,19);3-7H,2,8H2,1H3,(H,15,19);3-4H,2,5H2,1H3,(H,10,13). The maximum atomic E-state index is 11.7. The Hall–Kier alpha value is -5.53. The fraction of sp³-hybridized carbons (Fsp3) is 0.286. The first-order valence-corrected chi connectivity index (χ1v) is 19.1. The lowest BCUT2D eigenvalue weighted by molar-refractivity contribution is -0.122. The van der Waals surface area contributed by atoms with Gasteiger partial charge in [-0.1, -0.05) is 11.6 Å². The van der Waals surface area contributed by atoms with E-state index in [1.54, 1.807) is 48.4 Å². The second-order valence-electron chi connectivity index (χ2n) is 10.9. The summed E-state index contributed by atoms with van der Waals surface area (Å²) in [4.78, 5) is 77.1. The van der Waals surface area contributed by atoms with Crippen molar-refractivity contribution in [3.8, 4) is 22.5 Å². The van der Waals surface area contributed by atoms with E-state index in [-0.39, 0.29) is 54.0 Å². The number of thioether (sulfide) groups is 1. The maximum absolute atomic E-state index is 11.7. The number of nitrogens with zero attached hydrogens (tertiary/aromatic N) is 8. The summed E-state index contributed by atoms with van der Waals surface area (Å²) in [6.45, 7) is 6.77. The average molecular weight is 857 g/mol. The molecule has 5 heterocycles. The van der Waals surface area contributed by atoms with Crippen LogP contribution in [0.3, 0.4) is 0 Å². The van der Waals surface area contributed by atoms with Gasteiger partial charge in [0, 0.05) is 61.4 Å². The number of hydrogen-bond acceptors (Lipinski definition) is 12. The van der Waals surface area contributed by atoms with Crippen molar-refractivity contribution in [3.63, 3.8) is 0 Å². The smallest absolute Gasteiger partial charge is 0.267 e. The van der Waals surface area contributed by atoms with Crippen LogP contribution in [0, 0.1) is 0 Å². The number of pyridine rings is 2. The van der Waals surface area contributed by atoms with Crippen LogP contribution in [0.25, 0.3) is 22.5 Å². The lowest BCUT2D eigenvalue weighted by Gasteiger charge is -2.07. The van der Waals surface area contributed by atoms with Gasteiger partial charge >= 0.3 is 0 Å². The van der Waals surface area contributed by atoms with Gasteiger partial charge in [0.25, 0.3) is 16.7 Å². The van der Waals surface area contributed by atoms with Crippen LogP contribution in [-0.2, 0) is 34.0 Å². The number of likely N-dealkylation sites (N-methyl/N-ethyl adjacent to an activating group) is 3. The SMILES string of the molecule is CCNC(=O)Cn1nc(-c2ccc(Cl)nc2)ccc1=O.CCNC(=O)Cn1nc(-c2ccc(SC)nc2)ccc1=O.CCNC(=O)Cn1nc(Br)ccc1=O. The van der Waals surface area contributed by atoms with Crippen molar-refractivity contribution in [2.45, 2.75) is 45.4 Å². The van der Waals surface area contributed by atoms with Crippen molar-refractivity contribution in [1.29, 1.82) is 0 Å². The maximum Gasteiger partial charge on any atom is 0.267 e. The average Bonchev–Trinajstić information content (AvgIpc) is 3.16. The van der Waals surface area contributed by atoms with Gasteiger partial charge in [0.05, 0.1) is 16.4 Å². The van der Waals surface area contributed by atoms with Crippen LogP contribution in [-0.4, -0.2) is 82.9 Å². The van der Waals surface area contributed by atoms with Crippen molar-refractivity contribution in [2.75, 3.05) is 25.9 Å². The van der Waals surface area contributed by atoms with E-state index in [4.69, 9.17) is 11.6 Å². The van der Waals surface area contributed by atoms with E-state index >= 15 is 0 Å². The highest BCUT2D eigenvalue weighted by molar-refractivity contribution is 9.10. The monoisotopic (exact) mass is 855 g/mol. The molecule has 55 heavy (non-hydrogen) atoms. The van der Waals surface area contributed by atoms with E-state index in [1.165, 1.54) is 24.3 Å². The molecule has 0 fully saturated rings. The highest BCUT2D eigenvalue weighted by Crippen LogP contribution is 2.18. The minimum absolute atomic E-state index is 0.0495. The van der Waals surface area contributed by atoms with Crippen LogP contribution in [0.4, 0.5) is 0 Å². The van der Waals surface area contributed by atoms with Gasteiger partial charge in [-0.15, -0.1) is 11.8 Å². The Morgan fingerprint density at radius 1 is 0.618 bits per heavy atom. The normalized spacial score (nSPS) is 10.2. The van der Waals surface area contributed by atoms with Crippen LogP contribution in [0.15, 0.2) is 97.1 Å². The molecule has 0 unspecified atom stereocenters. The van der Waals surface area contributed by atoms with Crippen molar-refractivity contribution in [3.05, 3.63) is 114 Å². The second kappa shape index (κ2) is 22.6. The van der Waals surface area contributed by atoms with Gasteiger partial charge in [0.15, 0.2) is 0 Å². The molecule has 0 saturated carbocycles. The van der Waals surface area contributed by atoms with Gasteiger partial charge in [0.2, 0.25) is 17.7 Å². The molecule has 17 nitrogen and oxygen atoms in total. The van der Waals surface area contributed by atoms with E-state index in [0.29, 0.717) is 40.8 Å². The van der Waals surface area contributed by atoms with Crippen LogP contribution in [0.5, 0.6) is 0 Å². The summed E-state index contributed by atoms with van der Waals surface area (Å²) in [5.41, 5.74) is 1.76. The first-order valence-electron chi connectivity index (χ1n) is 16.7. The van der Waals surface area contributed by atoms with Crippen LogP contribution < -0.4 is 32.6 Å². The molecular weight excluding hydrogens is 818 g/mol. The number of nitrogens with one attached hydrogen (secondary N) is 3. The molecule has 0 atom stereocenters. The first kappa shape index (κ1) is 43.9. The third kappa shape index (κ3) is 14.7. The number of halogens is 2. The molecule has 20 heteroatoms. The van der Waals surface area contributed by atoms with Gasteiger partial charge in [-0.2, -0.15) is 15.3 Å². The molecule has 0 aliphatic carbocycles. The molecule has 0 radical (unpaired) electrons. The summed E-state index contributed by atoms with van der Waals surface area (Å²) in [5.74, 6) is -0.714. The van der Waals surface area contributed by atoms with E-state index in [9.17, 15) is 28.8 Å². The fourth-order valence-corrected chi connectivity index (χ4v) is 5.11. The number of rotatable bonds is 12. The van der Waals surface area contributed by atoms with Gasteiger partial charge in [-0.05, 0) is 85.4 Å². The lowest BCUT2D eigenvalue weighted by Crippen LogP contribution is -2.33. The highest BCUT2D eigenvalue weighted by atomic mass is 79.9. The van der Waals surface area contributed by atoms with Crippen LogP contribution >= 0.6 is 39.3 Å². The molecule has 0 aliphatic heterocycles. The fourth-order valence-electron chi connectivity index (χ4n) is 4.32. The first-order chi connectivity index (χ1) is 26.4. The molecule has 0 bridgehead atoms. The number of carbonyl (C=O) groups is 3. The van der Waals surface area contributed by atoms with E-state index < -0.39 is 0 Å². The summed E-state index contributed by atoms with van der Waals surface area (Å²) in [5, 5.41) is 21.4. The summed E-state index contributed by atoms with van der Waals surface area (Å²) in [6.07, 6.45) is 5.22. The minimum Gasteiger partial charge on any atom is -0.355 e. The van der Waals surface area contributed by atoms with Crippen molar-refractivity contribution in [2.24, 2.45) is 0 Å². The lowest BCUT2D eigenvalue weighted by atomic mass is 10.2. The molecule has 0 aromatic carbocycles. The molecule has 0 spiro atoms. The van der Waals surface area contributed by atoms with Gasteiger partial charge in [-0.25, -0.2) is 24.0 Å². The molecule has 5 rings (SSSR count). The number of carbonyl (C=O) groups excluding carboxylic acids is 3.